The van der Waals surface area contributed by atoms with Crippen LogP contribution in [0.15, 0.2) is 23.1 Å². The molecule has 0 saturated heterocycles. The van der Waals surface area contributed by atoms with Crippen LogP contribution in [-0.4, -0.2) is 31.4 Å². The fraction of sp³-hybridized carbons (Fsp3) is 0.462. The minimum Gasteiger partial charge on any atom is -0.464 e. The maximum absolute atomic E-state index is 13.9. The number of rotatable bonds is 5. The molecule has 20 heavy (non-hydrogen) atoms. The number of sulfone groups is 1. The summed E-state index contributed by atoms with van der Waals surface area (Å²) in [6, 6.07) is 3.16. The Bertz CT molecular complexity index is 622. The third-order valence-corrected chi connectivity index (χ3v) is 5.34. The molecule has 0 amide bonds. The van der Waals surface area contributed by atoms with Gasteiger partial charge in [-0.2, -0.15) is 0 Å². The van der Waals surface area contributed by atoms with E-state index in [0.717, 1.165) is 12.1 Å². The van der Waals surface area contributed by atoms with Gasteiger partial charge in [0.1, 0.15) is 10.7 Å². The van der Waals surface area contributed by atoms with Crippen molar-refractivity contribution >= 4 is 15.8 Å². The zero-order chi connectivity index (χ0) is 14.9. The van der Waals surface area contributed by atoms with Crippen molar-refractivity contribution in [2.75, 3.05) is 6.61 Å². The van der Waals surface area contributed by atoms with Crippen LogP contribution in [0.4, 0.5) is 4.39 Å². The summed E-state index contributed by atoms with van der Waals surface area (Å²) in [4.78, 5) is 11.0. The maximum atomic E-state index is 13.9. The van der Waals surface area contributed by atoms with Crippen LogP contribution >= 0.6 is 0 Å². The summed E-state index contributed by atoms with van der Waals surface area (Å²) in [5.74, 6) is -1.86. The normalized spacial score (nSPS) is 16.8. The SMILES string of the molecule is CCOC(=O)C(O)c1ccc(S(=O)(=O)C2CC2)c(F)c1. The van der Waals surface area contributed by atoms with Crippen molar-refractivity contribution < 1.29 is 27.4 Å². The summed E-state index contributed by atoms with van der Waals surface area (Å²) in [6.45, 7) is 1.67. The van der Waals surface area contributed by atoms with E-state index in [1.807, 2.05) is 0 Å². The number of aliphatic hydroxyl groups is 1. The van der Waals surface area contributed by atoms with Gasteiger partial charge in [-0.3, -0.25) is 0 Å². The van der Waals surface area contributed by atoms with E-state index in [1.165, 1.54) is 6.07 Å². The first kappa shape index (κ1) is 14.9. The number of aliphatic hydroxyl groups excluding tert-OH is 1. The average Bonchev–Trinajstić information content (AvgIpc) is 3.22. The summed E-state index contributed by atoms with van der Waals surface area (Å²) in [7, 11) is -3.64. The van der Waals surface area contributed by atoms with Crippen molar-refractivity contribution in [3.8, 4) is 0 Å². The number of hydrogen-bond donors (Lipinski definition) is 1. The fourth-order valence-electron chi connectivity index (χ4n) is 1.83. The Kier molecular flexibility index (Phi) is 4.10. The first-order chi connectivity index (χ1) is 9.37. The Hall–Kier alpha value is -1.47. The topological polar surface area (TPSA) is 80.7 Å². The molecule has 0 spiro atoms. The summed E-state index contributed by atoms with van der Waals surface area (Å²) in [5, 5.41) is 9.15. The van der Waals surface area contributed by atoms with Gasteiger partial charge >= 0.3 is 5.97 Å². The Morgan fingerprint density at radius 1 is 1.50 bits per heavy atom. The molecule has 7 heteroatoms. The summed E-state index contributed by atoms with van der Waals surface area (Å²) in [5.41, 5.74) is -0.0318. The number of carbonyl (C=O) groups is 1. The molecule has 1 unspecified atom stereocenters. The molecule has 1 aromatic carbocycles. The van der Waals surface area contributed by atoms with Gasteiger partial charge in [0.15, 0.2) is 15.9 Å². The van der Waals surface area contributed by atoms with Gasteiger partial charge in [0.2, 0.25) is 0 Å². The van der Waals surface area contributed by atoms with Crippen LogP contribution in [0, 0.1) is 5.82 Å². The fourth-order valence-corrected chi connectivity index (χ4v) is 3.54. The number of esters is 1. The van der Waals surface area contributed by atoms with Crippen LogP contribution in [-0.2, 0) is 19.4 Å². The van der Waals surface area contributed by atoms with Gasteiger partial charge < -0.3 is 9.84 Å². The van der Waals surface area contributed by atoms with Crippen molar-refractivity contribution in [2.45, 2.75) is 36.0 Å². The molecule has 1 aliphatic carbocycles. The second-order valence-corrected chi connectivity index (χ2v) is 6.79. The lowest BCUT2D eigenvalue weighted by atomic mass is 10.1. The molecule has 5 nitrogen and oxygen atoms in total. The molecule has 1 aliphatic rings. The zero-order valence-electron chi connectivity index (χ0n) is 10.9. The van der Waals surface area contributed by atoms with Crippen molar-refractivity contribution in [2.24, 2.45) is 0 Å². The predicted octanol–water partition coefficient (Wildman–Crippen LogP) is 1.36. The Labute approximate surface area is 116 Å². The molecule has 0 heterocycles. The first-order valence-electron chi connectivity index (χ1n) is 6.26. The molecule has 1 saturated carbocycles. The minimum atomic E-state index is -3.64. The molecule has 1 aromatic rings. The quantitative estimate of drug-likeness (QED) is 0.831. The van der Waals surface area contributed by atoms with Crippen LogP contribution in [0.5, 0.6) is 0 Å². The van der Waals surface area contributed by atoms with Crippen molar-refractivity contribution in [1.29, 1.82) is 0 Å². The van der Waals surface area contributed by atoms with E-state index < -0.39 is 33.0 Å². The van der Waals surface area contributed by atoms with Gasteiger partial charge in [0, 0.05) is 0 Å². The molecule has 110 valence electrons. The van der Waals surface area contributed by atoms with Crippen LogP contribution in [0.25, 0.3) is 0 Å². The number of halogens is 1. The molecule has 2 rings (SSSR count). The van der Waals surface area contributed by atoms with Crippen LogP contribution in [0.3, 0.4) is 0 Å². The molecular weight excluding hydrogens is 287 g/mol. The van der Waals surface area contributed by atoms with E-state index in [1.54, 1.807) is 6.92 Å². The lowest BCUT2D eigenvalue weighted by Gasteiger charge is -2.11. The van der Waals surface area contributed by atoms with Crippen molar-refractivity contribution in [3.05, 3.63) is 29.6 Å². The number of benzene rings is 1. The van der Waals surface area contributed by atoms with E-state index in [0.29, 0.717) is 12.8 Å². The molecule has 1 fully saturated rings. The number of ether oxygens (including phenoxy) is 1. The van der Waals surface area contributed by atoms with Crippen LogP contribution < -0.4 is 0 Å². The molecular formula is C13H15FO5S. The van der Waals surface area contributed by atoms with Crippen LogP contribution in [0.1, 0.15) is 31.4 Å². The monoisotopic (exact) mass is 302 g/mol. The van der Waals surface area contributed by atoms with Gasteiger partial charge in [0.05, 0.1) is 11.9 Å². The standard InChI is InChI=1S/C13H15FO5S/c1-2-19-13(16)12(15)8-3-6-11(10(14)7-8)20(17,18)9-4-5-9/h3,6-7,9,12,15H,2,4-5H2,1H3. The maximum Gasteiger partial charge on any atom is 0.339 e. The van der Waals surface area contributed by atoms with E-state index in [2.05, 4.69) is 4.74 Å². The van der Waals surface area contributed by atoms with Crippen LogP contribution in [0.2, 0.25) is 0 Å². The summed E-state index contributed by atoms with van der Waals surface area (Å²) in [6.07, 6.45) is -0.550. The lowest BCUT2D eigenvalue weighted by molar-refractivity contribution is -0.153. The van der Waals surface area contributed by atoms with E-state index in [-0.39, 0.29) is 17.1 Å². The summed E-state index contributed by atoms with van der Waals surface area (Å²) < 4.78 is 42.4. The molecule has 0 aromatic heterocycles. The minimum absolute atomic E-state index is 0.0318. The van der Waals surface area contributed by atoms with Gasteiger partial charge in [-0.25, -0.2) is 17.6 Å². The third-order valence-electron chi connectivity index (χ3n) is 3.05. The molecule has 0 radical (unpaired) electrons. The Morgan fingerprint density at radius 3 is 2.65 bits per heavy atom. The highest BCUT2D eigenvalue weighted by Gasteiger charge is 2.38. The van der Waals surface area contributed by atoms with Crippen molar-refractivity contribution in [3.63, 3.8) is 0 Å². The van der Waals surface area contributed by atoms with E-state index in [9.17, 15) is 22.7 Å². The van der Waals surface area contributed by atoms with E-state index in [4.69, 9.17) is 0 Å². The molecule has 0 bridgehead atoms. The van der Waals surface area contributed by atoms with Crippen molar-refractivity contribution in [1.82, 2.24) is 0 Å². The van der Waals surface area contributed by atoms with E-state index >= 15 is 0 Å². The Morgan fingerprint density at radius 2 is 2.15 bits per heavy atom. The number of carbonyl (C=O) groups excluding carboxylic acids is 1. The highest BCUT2D eigenvalue weighted by Crippen LogP contribution is 2.35. The summed E-state index contributed by atoms with van der Waals surface area (Å²) >= 11 is 0. The lowest BCUT2D eigenvalue weighted by Crippen LogP contribution is -2.16. The highest BCUT2D eigenvalue weighted by atomic mass is 32.2. The first-order valence-corrected chi connectivity index (χ1v) is 7.80. The molecule has 1 atom stereocenters. The third kappa shape index (κ3) is 2.83. The van der Waals surface area contributed by atoms with Gasteiger partial charge in [-0.1, -0.05) is 6.07 Å². The Balaban J connectivity index is 2.28. The van der Waals surface area contributed by atoms with Gasteiger partial charge in [0.25, 0.3) is 0 Å². The predicted molar refractivity (Wildman–Crippen MR) is 68.2 cm³/mol. The number of hydrogen-bond acceptors (Lipinski definition) is 5. The zero-order valence-corrected chi connectivity index (χ0v) is 11.7. The highest BCUT2D eigenvalue weighted by molar-refractivity contribution is 7.92. The second-order valence-electron chi connectivity index (χ2n) is 4.59. The second kappa shape index (κ2) is 5.49. The van der Waals surface area contributed by atoms with Gasteiger partial charge in [-0.05, 0) is 37.5 Å². The average molecular weight is 302 g/mol. The smallest absolute Gasteiger partial charge is 0.339 e. The molecule has 0 aliphatic heterocycles. The molecule has 1 N–H and O–H groups in total. The largest absolute Gasteiger partial charge is 0.464 e. The van der Waals surface area contributed by atoms with Gasteiger partial charge in [-0.15, -0.1) is 0 Å².